The molecule has 1 atom stereocenters. The van der Waals surface area contributed by atoms with Gasteiger partial charge in [0.25, 0.3) is 0 Å². The monoisotopic (exact) mass is 220 g/mol. The standard InChI is InChI=1S/C10H21O3P/c1-4-10(5-2,7-8-14-12)9(11)13-6-3/h4-8,14H2,1-3H3. The molecule has 0 radical (unpaired) electrons. The van der Waals surface area contributed by atoms with Crippen molar-refractivity contribution in [3.05, 3.63) is 0 Å². The van der Waals surface area contributed by atoms with Crippen LogP contribution in [0.5, 0.6) is 0 Å². The van der Waals surface area contributed by atoms with Crippen LogP contribution in [0, 0.1) is 5.41 Å². The highest BCUT2D eigenvalue weighted by Crippen LogP contribution is 2.33. The Morgan fingerprint density at radius 3 is 2.21 bits per heavy atom. The Kier molecular flexibility index (Phi) is 6.90. The summed E-state index contributed by atoms with van der Waals surface area (Å²) < 4.78 is 15.6. The first-order valence-corrected chi connectivity index (χ1v) is 6.56. The van der Waals surface area contributed by atoms with Crippen LogP contribution in [0.1, 0.15) is 40.0 Å². The molecular formula is C10H21O3P. The third-order valence-electron chi connectivity index (χ3n) is 2.80. The Balaban J connectivity index is 4.49. The normalized spacial score (nSPS) is 12.2. The molecular weight excluding hydrogens is 199 g/mol. The van der Waals surface area contributed by atoms with E-state index in [0.29, 0.717) is 19.2 Å². The second-order valence-corrected chi connectivity index (χ2v) is 4.32. The first kappa shape index (κ1) is 13.7. The summed E-state index contributed by atoms with van der Waals surface area (Å²) in [7, 11) is -0.757. The molecule has 0 aliphatic heterocycles. The minimum atomic E-state index is -0.757. The van der Waals surface area contributed by atoms with Gasteiger partial charge in [-0.2, -0.15) is 0 Å². The van der Waals surface area contributed by atoms with Gasteiger partial charge >= 0.3 is 5.97 Å². The highest BCUT2D eigenvalue weighted by molar-refractivity contribution is 7.23. The van der Waals surface area contributed by atoms with E-state index in [2.05, 4.69) is 0 Å². The van der Waals surface area contributed by atoms with Crippen LogP contribution in [-0.2, 0) is 14.1 Å². The molecule has 0 rings (SSSR count). The molecule has 0 aliphatic carbocycles. The van der Waals surface area contributed by atoms with E-state index in [9.17, 15) is 9.36 Å². The quantitative estimate of drug-likeness (QED) is 0.489. The molecule has 0 aromatic carbocycles. The second kappa shape index (κ2) is 7.05. The van der Waals surface area contributed by atoms with E-state index in [0.717, 1.165) is 12.8 Å². The summed E-state index contributed by atoms with van der Waals surface area (Å²) in [6.07, 6.45) is 2.86. The zero-order valence-corrected chi connectivity index (χ0v) is 10.5. The number of esters is 1. The molecule has 1 unspecified atom stereocenters. The Hall–Kier alpha value is -0.300. The smallest absolute Gasteiger partial charge is 0.312 e. The summed E-state index contributed by atoms with van der Waals surface area (Å²) in [4.78, 5) is 11.7. The first-order valence-electron chi connectivity index (χ1n) is 5.27. The van der Waals surface area contributed by atoms with Crippen LogP contribution < -0.4 is 0 Å². The van der Waals surface area contributed by atoms with Crippen molar-refractivity contribution < 1.29 is 14.1 Å². The van der Waals surface area contributed by atoms with Gasteiger partial charge in [-0.15, -0.1) is 0 Å². The second-order valence-electron chi connectivity index (χ2n) is 3.41. The summed E-state index contributed by atoms with van der Waals surface area (Å²) >= 11 is 0. The van der Waals surface area contributed by atoms with Crippen molar-refractivity contribution in [3.63, 3.8) is 0 Å². The van der Waals surface area contributed by atoms with Gasteiger partial charge in [0.05, 0.1) is 20.5 Å². The first-order chi connectivity index (χ1) is 6.66. The minimum absolute atomic E-state index is 0.127. The molecule has 4 heteroatoms. The van der Waals surface area contributed by atoms with Crippen molar-refractivity contribution in [2.24, 2.45) is 5.41 Å². The highest BCUT2D eigenvalue weighted by atomic mass is 31.1. The molecule has 84 valence electrons. The third-order valence-corrected chi connectivity index (χ3v) is 3.33. The van der Waals surface area contributed by atoms with Crippen LogP contribution in [0.3, 0.4) is 0 Å². The zero-order valence-electron chi connectivity index (χ0n) is 9.34. The summed E-state index contributed by atoms with van der Waals surface area (Å²) in [6.45, 7) is 6.21. The maximum absolute atomic E-state index is 11.7. The molecule has 0 spiro atoms. The van der Waals surface area contributed by atoms with Gasteiger partial charge in [-0.1, -0.05) is 13.8 Å². The van der Waals surface area contributed by atoms with Gasteiger partial charge in [0.1, 0.15) is 0 Å². The van der Waals surface area contributed by atoms with E-state index in [-0.39, 0.29) is 5.97 Å². The predicted octanol–water partition coefficient (Wildman–Crippen LogP) is 2.50. The zero-order chi connectivity index (χ0) is 11.0. The molecule has 0 aliphatic rings. The van der Waals surface area contributed by atoms with Crippen LogP contribution in [0.2, 0.25) is 0 Å². The van der Waals surface area contributed by atoms with Crippen LogP contribution in [0.4, 0.5) is 0 Å². The number of hydrogen-bond acceptors (Lipinski definition) is 3. The van der Waals surface area contributed by atoms with E-state index >= 15 is 0 Å². The van der Waals surface area contributed by atoms with Gasteiger partial charge < -0.3 is 9.30 Å². The van der Waals surface area contributed by atoms with Crippen molar-refractivity contribution in [3.8, 4) is 0 Å². The maximum atomic E-state index is 11.7. The largest absolute Gasteiger partial charge is 0.466 e. The SMILES string of the molecule is CCOC(=O)C(CC)(CC)CC[PH2]=O. The molecule has 0 saturated heterocycles. The average molecular weight is 220 g/mol. The molecule has 0 aromatic heterocycles. The van der Waals surface area contributed by atoms with E-state index in [4.69, 9.17) is 4.74 Å². The molecule has 0 N–H and O–H groups in total. The van der Waals surface area contributed by atoms with Crippen molar-refractivity contribution in [2.75, 3.05) is 12.8 Å². The molecule has 0 aromatic rings. The Bertz CT molecular complexity index is 188. The van der Waals surface area contributed by atoms with E-state index in [1.54, 1.807) is 0 Å². The van der Waals surface area contributed by atoms with Gasteiger partial charge in [0, 0.05) is 0 Å². The molecule has 0 amide bonds. The van der Waals surface area contributed by atoms with Gasteiger partial charge in [-0.25, -0.2) is 0 Å². The Morgan fingerprint density at radius 2 is 1.86 bits per heavy atom. The maximum Gasteiger partial charge on any atom is 0.312 e. The number of carbonyl (C=O) groups is 1. The Morgan fingerprint density at radius 1 is 1.29 bits per heavy atom. The van der Waals surface area contributed by atoms with Gasteiger partial charge in [0.2, 0.25) is 0 Å². The van der Waals surface area contributed by atoms with Gasteiger partial charge in [0.15, 0.2) is 0 Å². The molecule has 0 fully saturated rings. The van der Waals surface area contributed by atoms with E-state index in [1.165, 1.54) is 0 Å². The lowest BCUT2D eigenvalue weighted by Crippen LogP contribution is -2.32. The topological polar surface area (TPSA) is 43.4 Å². The van der Waals surface area contributed by atoms with E-state index < -0.39 is 13.9 Å². The Labute approximate surface area is 87.4 Å². The third kappa shape index (κ3) is 3.45. The molecule has 14 heavy (non-hydrogen) atoms. The lowest BCUT2D eigenvalue weighted by molar-refractivity contribution is -0.156. The molecule has 0 heterocycles. The van der Waals surface area contributed by atoms with Crippen molar-refractivity contribution in [1.82, 2.24) is 0 Å². The van der Waals surface area contributed by atoms with Crippen molar-refractivity contribution in [1.29, 1.82) is 0 Å². The fraction of sp³-hybridized carbons (Fsp3) is 0.900. The van der Waals surface area contributed by atoms with Crippen LogP contribution in [0.15, 0.2) is 0 Å². The molecule has 0 bridgehead atoms. The molecule has 0 saturated carbocycles. The fourth-order valence-corrected chi connectivity index (χ4v) is 2.28. The lowest BCUT2D eigenvalue weighted by atomic mass is 9.80. The van der Waals surface area contributed by atoms with Crippen LogP contribution in [-0.4, -0.2) is 18.7 Å². The van der Waals surface area contributed by atoms with Gasteiger partial charge in [-0.05, 0) is 32.3 Å². The van der Waals surface area contributed by atoms with Gasteiger partial charge in [-0.3, -0.25) is 4.79 Å². The molecule has 3 nitrogen and oxygen atoms in total. The fourth-order valence-electron chi connectivity index (χ4n) is 1.61. The minimum Gasteiger partial charge on any atom is -0.466 e. The lowest BCUT2D eigenvalue weighted by Gasteiger charge is -2.28. The summed E-state index contributed by atoms with van der Waals surface area (Å²) in [5.74, 6) is -0.127. The number of carbonyl (C=O) groups excluding carboxylic acids is 1. The predicted molar refractivity (Wildman–Crippen MR) is 59.5 cm³/mol. The average Bonchev–Trinajstić information content (AvgIpc) is 2.21. The van der Waals surface area contributed by atoms with Crippen LogP contribution >= 0.6 is 8.46 Å². The van der Waals surface area contributed by atoms with Crippen molar-refractivity contribution in [2.45, 2.75) is 40.0 Å². The highest BCUT2D eigenvalue weighted by Gasteiger charge is 2.35. The number of ether oxygens (including phenoxy) is 1. The summed E-state index contributed by atoms with van der Waals surface area (Å²) in [5.41, 5.74) is -0.395. The van der Waals surface area contributed by atoms with Crippen molar-refractivity contribution >= 4 is 14.4 Å². The summed E-state index contributed by atoms with van der Waals surface area (Å²) in [5, 5.41) is 0. The number of hydrogen-bond donors (Lipinski definition) is 0. The summed E-state index contributed by atoms with van der Waals surface area (Å²) in [6, 6.07) is 0. The number of rotatable bonds is 7. The van der Waals surface area contributed by atoms with E-state index in [1.807, 2.05) is 20.8 Å². The van der Waals surface area contributed by atoms with Crippen LogP contribution in [0.25, 0.3) is 0 Å².